The molecule has 0 spiro atoms. The molecule has 33 heavy (non-hydrogen) atoms. The first-order valence-electron chi connectivity index (χ1n) is 11.9. The van der Waals surface area contributed by atoms with E-state index in [1.165, 1.54) is 42.4 Å². The smallest absolute Gasteiger partial charge is 0.211 e. The van der Waals surface area contributed by atoms with Gasteiger partial charge in [-0.25, -0.2) is 0 Å². The highest BCUT2D eigenvalue weighted by Crippen LogP contribution is 2.27. The molecule has 3 aromatic rings. The summed E-state index contributed by atoms with van der Waals surface area (Å²) in [5.41, 5.74) is 11.1. The molecule has 3 aromatic carbocycles. The Morgan fingerprint density at radius 1 is 0.848 bits per heavy atom. The number of amides is 1. The maximum atomic E-state index is 10.8. The summed E-state index contributed by atoms with van der Waals surface area (Å²) in [7, 11) is 0. The molecule has 0 aliphatic rings. The van der Waals surface area contributed by atoms with Gasteiger partial charge in [-0.05, 0) is 61.6 Å². The van der Waals surface area contributed by atoms with Crippen molar-refractivity contribution in [2.75, 3.05) is 11.9 Å². The van der Waals surface area contributed by atoms with Crippen LogP contribution >= 0.6 is 0 Å². The van der Waals surface area contributed by atoms with Crippen LogP contribution in [0.15, 0.2) is 72.8 Å². The largest absolute Gasteiger partial charge is 0.487 e. The Morgan fingerprint density at radius 2 is 1.58 bits per heavy atom. The van der Waals surface area contributed by atoms with E-state index in [4.69, 9.17) is 10.5 Å². The topological polar surface area (TPSA) is 64.3 Å². The number of ether oxygens (including phenoxy) is 1. The second-order valence-corrected chi connectivity index (χ2v) is 8.20. The molecule has 0 aliphatic carbocycles. The van der Waals surface area contributed by atoms with Crippen LogP contribution in [0.5, 0.6) is 5.75 Å². The average molecular weight is 447 g/mol. The zero-order valence-electron chi connectivity index (χ0n) is 20.1. The molecule has 4 nitrogen and oxygen atoms in total. The summed E-state index contributed by atoms with van der Waals surface area (Å²) in [5.74, 6) is 0.707. The van der Waals surface area contributed by atoms with E-state index in [9.17, 15) is 4.79 Å². The van der Waals surface area contributed by atoms with Gasteiger partial charge in [-0.3, -0.25) is 4.79 Å². The SMILES string of the molecule is CCCCCCc1ccc(OCc2ccccc2)c(NC=O)c1.Cc1ccc(CCN)cc1. The quantitative estimate of drug-likeness (QED) is 0.248. The fourth-order valence-corrected chi connectivity index (χ4v) is 3.45. The third-order valence-electron chi connectivity index (χ3n) is 5.37. The summed E-state index contributed by atoms with van der Waals surface area (Å²) in [6.07, 6.45) is 7.66. The predicted octanol–water partition coefficient (Wildman–Crippen LogP) is 6.45. The molecule has 0 unspecified atom stereocenters. The normalized spacial score (nSPS) is 10.2. The molecule has 0 aliphatic heterocycles. The molecule has 0 saturated heterocycles. The van der Waals surface area contributed by atoms with Gasteiger partial charge >= 0.3 is 0 Å². The summed E-state index contributed by atoms with van der Waals surface area (Å²) in [4.78, 5) is 10.8. The van der Waals surface area contributed by atoms with E-state index in [1.54, 1.807) is 0 Å². The lowest BCUT2D eigenvalue weighted by molar-refractivity contribution is -0.105. The van der Waals surface area contributed by atoms with E-state index in [2.05, 4.69) is 49.5 Å². The number of carbonyl (C=O) groups excluding carboxylic acids is 1. The van der Waals surface area contributed by atoms with Crippen molar-refractivity contribution in [3.05, 3.63) is 95.1 Å². The second kappa shape index (κ2) is 15.7. The fraction of sp³-hybridized carbons (Fsp3) is 0.345. The van der Waals surface area contributed by atoms with Gasteiger partial charge in [0.1, 0.15) is 12.4 Å². The van der Waals surface area contributed by atoms with Crippen LogP contribution in [0, 0.1) is 6.92 Å². The predicted molar refractivity (Wildman–Crippen MR) is 139 cm³/mol. The molecule has 0 radical (unpaired) electrons. The minimum atomic E-state index is 0.490. The highest BCUT2D eigenvalue weighted by Gasteiger charge is 2.06. The van der Waals surface area contributed by atoms with Crippen molar-refractivity contribution in [3.8, 4) is 5.75 Å². The number of carbonyl (C=O) groups is 1. The van der Waals surface area contributed by atoms with Gasteiger partial charge in [0.2, 0.25) is 6.41 Å². The molecule has 0 heterocycles. The van der Waals surface area contributed by atoms with E-state index in [0.717, 1.165) is 30.6 Å². The standard InChI is InChI=1S/C20H25NO2.C9H13N/c1-2-3-4-6-9-17-12-13-20(19(14-17)21-16-22)23-15-18-10-7-5-8-11-18;1-8-2-4-9(5-3-8)6-7-10/h5,7-8,10-14,16H,2-4,6,9,15H2,1H3,(H,21,22);2-5H,6-7,10H2,1H3. The first-order valence-corrected chi connectivity index (χ1v) is 11.9. The number of hydrogen-bond acceptors (Lipinski definition) is 3. The van der Waals surface area contributed by atoms with Crippen molar-refractivity contribution < 1.29 is 9.53 Å². The van der Waals surface area contributed by atoms with E-state index < -0.39 is 0 Å². The van der Waals surface area contributed by atoms with Crippen molar-refractivity contribution in [1.29, 1.82) is 0 Å². The monoisotopic (exact) mass is 446 g/mol. The number of anilines is 1. The fourth-order valence-electron chi connectivity index (χ4n) is 3.45. The maximum absolute atomic E-state index is 10.8. The number of benzene rings is 3. The van der Waals surface area contributed by atoms with Gasteiger partial charge in [0.25, 0.3) is 0 Å². The average Bonchev–Trinajstić information content (AvgIpc) is 2.84. The van der Waals surface area contributed by atoms with Gasteiger partial charge in [0, 0.05) is 0 Å². The van der Waals surface area contributed by atoms with Gasteiger partial charge < -0.3 is 15.8 Å². The zero-order chi connectivity index (χ0) is 23.7. The number of aryl methyl sites for hydroxylation is 2. The van der Waals surface area contributed by atoms with Crippen molar-refractivity contribution in [1.82, 2.24) is 0 Å². The molecule has 3 N–H and O–H groups in total. The third-order valence-corrected chi connectivity index (χ3v) is 5.37. The van der Waals surface area contributed by atoms with Crippen molar-refractivity contribution in [3.63, 3.8) is 0 Å². The molecule has 0 bridgehead atoms. The highest BCUT2D eigenvalue weighted by molar-refractivity contribution is 5.75. The lowest BCUT2D eigenvalue weighted by Crippen LogP contribution is -2.02. The summed E-state index contributed by atoms with van der Waals surface area (Å²) in [5, 5.41) is 2.75. The van der Waals surface area contributed by atoms with Crippen molar-refractivity contribution in [2.24, 2.45) is 5.73 Å². The Kier molecular flexibility index (Phi) is 12.4. The van der Waals surface area contributed by atoms with Gasteiger partial charge in [0.05, 0.1) is 5.69 Å². The lowest BCUT2D eigenvalue weighted by Gasteiger charge is -2.12. The summed E-state index contributed by atoms with van der Waals surface area (Å²) in [6, 6.07) is 24.5. The molecule has 1 amide bonds. The Hall–Kier alpha value is -3.11. The molecular formula is C29H38N2O2. The summed E-state index contributed by atoms with van der Waals surface area (Å²) < 4.78 is 5.85. The molecule has 0 atom stereocenters. The number of nitrogens with one attached hydrogen (secondary N) is 1. The van der Waals surface area contributed by atoms with Crippen LogP contribution in [0.25, 0.3) is 0 Å². The molecule has 3 rings (SSSR count). The molecule has 0 fully saturated rings. The molecule has 0 saturated carbocycles. The summed E-state index contributed by atoms with van der Waals surface area (Å²) >= 11 is 0. The molecule has 176 valence electrons. The van der Waals surface area contributed by atoms with Crippen LogP contribution < -0.4 is 15.8 Å². The van der Waals surface area contributed by atoms with E-state index in [1.807, 2.05) is 42.5 Å². The van der Waals surface area contributed by atoms with Gasteiger partial charge in [-0.2, -0.15) is 0 Å². The lowest BCUT2D eigenvalue weighted by atomic mass is 10.1. The Balaban J connectivity index is 0.000000321. The second-order valence-electron chi connectivity index (χ2n) is 8.20. The first-order chi connectivity index (χ1) is 16.2. The van der Waals surface area contributed by atoms with E-state index in [0.29, 0.717) is 18.8 Å². The number of nitrogens with two attached hydrogens (primary N) is 1. The Morgan fingerprint density at radius 3 is 2.24 bits per heavy atom. The van der Waals surface area contributed by atoms with Gasteiger partial charge in [-0.1, -0.05) is 92.4 Å². The Labute approximate surface area is 199 Å². The molecular weight excluding hydrogens is 408 g/mol. The van der Waals surface area contributed by atoms with Crippen LogP contribution in [0.1, 0.15) is 54.9 Å². The van der Waals surface area contributed by atoms with Gasteiger partial charge in [0.15, 0.2) is 0 Å². The van der Waals surface area contributed by atoms with Crippen LogP contribution in [0.4, 0.5) is 5.69 Å². The van der Waals surface area contributed by atoms with Gasteiger partial charge in [-0.15, -0.1) is 0 Å². The Bertz CT molecular complexity index is 924. The highest BCUT2D eigenvalue weighted by atomic mass is 16.5. The minimum absolute atomic E-state index is 0.490. The molecule has 0 aromatic heterocycles. The van der Waals surface area contributed by atoms with Crippen molar-refractivity contribution in [2.45, 2.75) is 59.0 Å². The van der Waals surface area contributed by atoms with E-state index in [-0.39, 0.29) is 0 Å². The van der Waals surface area contributed by atoms with E-state index >= 15 is 0 Å². The number of unbranched alkanes of at least 4 members (excludes halogenated alkanes) is 3. The van der Waals surface area contributed by atoms with Crippen LogP contribution in [-0.4, -0.2) is 13.0 Å². The summed E-state index contributed by atoms with van der Waals surface area (Å²) in [6.45, 7) is 5.53. The molecule has 4 heteroatoms. The number of rotatable bonds is 12. The third kappa shape index (κ3) is 10.4. The maximum Gasteiger partial charge on any atom is 0.211 e. The minimum Gasteiger partial charge on any atom is -0.487 e. The first kappa shape index (κ1) is 26.1. The van der Waals surface area contributed by atoms with Crippen molar-refractivity contribution >= 4 is 12.1 Å². The zero-order valence-corrected chi connectivity index (χ0v) is 20.1. The van der Waals surface area contributed by atoms with Crippen LogP contribution in [-0.2, 0) is 24.2 Å². The number of hydrogen-bond donors (Lipinski definition) is 2. The van der Waals surface area contributed by atoms with Crippen LogP contribution in [0.3, 0.4) is 0 Å². The van der Waals surface area contributed by atoms with Crippen LogP contribution in [0.2, 0.25) is 0 Å².